The first-order chi connectivity index (χ1) is 13.7. The van der Waals surface area contributed by atoms with Crippen molar-refractivity contribution in [2.24, 2.45) is 0 Å². The summed E-state index contributed by atoms with van der Waals surface area (Å²) in [6.07, 6.45) is 0.717. The number of benzene rings is 2. The highest BCUT2D eigenvalue weighted by atomic mass is 35.5. The monoisotopic (exact) mass is 439 g/mol. The van der Waals surface area contributed by atoms with Crippen LogP contribution < -0.4 is 10.0 Å². The molecule has 0 aliphatic rings. The van der Waals surface area contributed by atoms with Gasteiger partial charge in [0.05, 0.1) is 17.5 Å². The van der Waals surface area contributed by atoms with Crippen LogP contribution >= 0.6 is 11.6 Å². The van der Waals surface area contributed by atoms with Crippen molar-refractivity contribution in [1.29, 1.82) is 0 Å². The van der Waals surface area contributed by atoms with Gasteiger partial charge < -0.3 is 14.6 Å². The number of rotatable bonds is 5. The minimum atomic E-state index is -4.05. The van der Waals surface area contributed by atoms with E-state index in [4.69, 9.17) is 11.6 Å². The standard InChI is InChI=1S/C19H18ClN3O5S.2H2/c1-12(23-10-9-13-3-4-14(20)11-17(13)23)18(24)21-15-5-7-16(8-6-15)29(26,27)22-19(25)28-2;;/h3-12H,1-2H3,(H,21,24)(H,22,25);2*1H/t12-;;/m1../s1. The fraction of sp³-hybridized carbons (Fsp3) is 0.158. The number of anilines is 1. The number of fused-ring (bicyclic) bond motifs is 1. The molecule has 0 bridgehead atoms. The van der Waals surface area contributed by atoms with Crippen LogP contribution in [0.15, 0.2) is 59.6 Å². The van der Waals surface area contributed by atoms with Crippen LogP contribution in [0.5, 0.6) is 0 Å². The number of hydrogen-bond acceptors (Lipinski definition) is 5. The number of hydrogen-bond donors (Lipinski definition) is 2. The Bertz CT molecular complexity index is 1180. The molecule has 1 aromatic heterocycles. The Hall–Kier alpha value is -3.04. The van der Waals surface area contributed by atoms with E-state index in [0.29, 0.717) is 10.7 Å². The minimum Gasteiger partial charge on any atom is -0.452 e. The van der Waals surface area contributed by atoms with Crippen LogP contribution in [0, 0.1) is 0 Å². The van der Waals surface area contributed by atoms with E-state index in [1.54, 1.807) is 34.5 Å². The van der Waals surface area contributed by atoms with Gasteiger partial charge in [0, 0.05) is 19.8 Å². The molecule has 1 heterocycles. The van der Waals surface area contributed by atoms with Gasteiger partial charge in [0.1, 0.15) is 6.04 Å². The van der Waals surface area contributed by atoms with E-state index in [2.05, 4.69) is 10.1 Å². The summed E-state index contributed by atoms with van der Waals surface area (Å²) >= 11 is 6.06. The average Bonchev–Trinajstić information content (AvgIpc) is 3.10. The van der Waals surface area contributed by atoms with Gasteiger partial charge in [-0.15, -0.1) is 0 Å². The molecule has 0 aliphatic carbocycles. The van der Waals surface area contributed by atoms with Crippen LogP contribution in [0.1, 0.15) is 15.8 Å². The molecule has 2 aromatic carbocycles. The Morgan fingerprint density at radius 1 is 1.14 bits per heavy atom. The van der Waals surface area contributed by atoms with Crippen molar-refractivity contribution in [3.05, 3.63) is 59.8 Å². The number of carbonyl (C=O) groups is 2. The van der Waals surface area contributed by atoms with Crippen molar-refractivity contribution in [3.8, 4) is 0 Å². The van der Waals surface area contributed by atoms with Crippen LogP contribution in [0.2, 0.25) is 5.02 Å². The molecule has 0 saturated heterocycles. The molecule has 0 radical (unpaired) electrons. The molecule has 2 amide bonds. The van der Waals surface area contributed by atoms with Crippen molar-refractivity contribution < 1.29 is 25.6 Å². The number of halogens is 1. The van der Waals surface area contributed by atoms with Crippen molar-refractivity contribution >= 4 is 50.2 Å². The van der Waals surface area contributed by atoms with Gasteiger partial charge in [-0.3, -0.25) is 4.79 Å². The van der Waals surface area contributed by atoms with Crippen molar-refractivity contribution in [2.75, 3.05) is 12.4 Å². The molecule has 1 atom stereocenters. The van der Waals surface area contributed by atoms with Crippen molar-refractivity contribution in [3.63, 3.8) is 0 Å². The molecular formula is C19H22ClN3O5S. The molecule has 0 fully saturated rings. The molecule has 29 heavy (non-hydrogen) atoms. The molecule has 8 nitrogen and oxygen atoms in total. The molecule has 3 aromatic rings. The maximum atomic E-state index is 12.6. The third-order valence-corrected chi connectivity index (χ3v) is 5.88. The third kappa shape index (κ3) is 4.52. The molecule has 0 aliphatic heterocycles. The number of methoxy groups -OCH3 is 1. The van der Waals surface area contributed by atoms with Crippen LogP contribution in [0.25, 0.3) is 10.9 Å². The van der Waals surface area contributed by atoms with Gasteiger partial charge in [0.15, 0.2) is 0 Å². The van der Waals surface area contributed by atoms with Gasteiger partial charge >= 0.3 is 6.09 Å². The van der Waals surface area contributed by atoms with Crippen LogP contribution in [-0.2, 0) is 19.6 Å². The first-order valence-corrected chi connectivity index (χ1v) is 10.3. The number of ether oxygens (including phenoxy) is 1. The zero-order chi connectivity index (χ0) is 21.2. The molecule has 3 rings (SSSR count). The summed E-state index contributed by atoms with van der Waals surface area (Å²) in [6.45, 7) is 1.74. The molecule has 0 spiro atoms. The number of nitrogens with one attached hydrogen (secondary N) is 2. The van der Waals surface area contributed by atoms with Gasteiger partial charge in [0.25, 0.3) is 10.0 Å². The predicted molar refractivity (Wildman–Crippen MR) is 114 cm³/mol. The summed E-state index contributed by atoms with van der Waals surface area (Å²) in [5, 5.41) is 4.27. The molecule has 0 unspecified atom stereocenters. The second-order valence-corrected chi connectivity index (χ2v) is 8.33. The SMILES string of the molecule is COC(=O)NS(=O)(=O)c1ccc(NC(=O)[C@@H](C)n2ccc3ccc(Cl)cc32)cc1.[HH].[HH]. The van der Waals surface area contributed by atoms with E-state index in [0.717, 1.165) is 18.0 Å². The topological polar surface area (TPSA) is 106 Å². The molecular weight excluding hydrogens is 418 g/mol. The van der Waals surface area contributed by atoms with Crippen LogP contribution in [0.3, 0.4) is 0 Å². The highest BCUT2D eigenvalue weighted by Gasteiger charge is 2.19. The van der Waals surface area contributed by atoms with E-state index in [1.807, 2.05) is 12.1 Å². The summed E-state index contributed by atoms with van der Waals surface area (Å²) in [7, 11) is -2.99. The van der Waals surface area contributed by atoms with E-state index in [9.17, 15) is 18.0 Å². The van der Waals surface area contributed by atoms with E-state index in [-0.39, 0.29) is 13.7 Å². The molecule has 2 N–H and O–H groups in total. The number of carbonyl (C=O) groups excluding carboxylic acids is 2. The minimum absolute atomic E-state index is 0. The van der Waals surface area contributed by atoms with Gasteiger partial charge in [0.2, 0.25) is 5.91 Å². The molecule has 10 heteroatoms. The fourth-order valence-corrected chi connectivity index (χ4v) is 3.84. The Balaban J connectivity index is 0.00000240. The lowest BCUT2D eigenvalue weighted by atomic mass is 10.2. The summed E-state index contributed by atoms with van der Waals surface area (Å²) in [4.78, 5) is 23.6. The molecule has 0 saturated carbocycles. The van der Waals surface area contributed by atoms with E-state index < -0.39 is 22.2 Å². The Kier molecular flexibility index (Phi) is 5.81. The number of nitrogens with zero attached hydrogens (tertiary/aromatic N) is 1. The average molecular weight is 440 g/mol. The largest absolute Gasteiger partial charge is 0.452 e. The maximum absolute atomic E-state index is 12.6. The third-order valence-electron chi connectivity index (χ3n) is 4.32. The maximum Gasteiger partial charge on any atom is 0.420 e. The highest BCUT2D eigenvalue weighted by molar-refractivity contribution is 7.90. The van der Waals surface area contributed by atoms with Crippen LogP contribution in [0.4, 0.5) is 10.5 Å². The highest BCUT2D eigenvalue weighted by Crippen LogP contribution is 2.24. The zero-order valence-corrected chi connectivity index (χ0v) is 17.1. The fourth-order valence-electron chi connectivity index (χ4n) is 2.76. The second kappa shape index (κ2) is 8.14. The second-order valence-electron chi connectivity index (χ2n) is 6.21. The lowest BCUT2D eigenvalue weighted by molar-refractivity contribution is -0.118. The summed E-state index contributed by atoms with van der Waals surface area (Å²) in [6, 6.07) is 12.2. The Morgan fingerprint density at radius 3 is 2.48 bits per heavy atom. The first kappa shape index (κ1) is 20.7. The summed E-state index contributed by atoms with van der Waals surface area (Å²) in [5.41, 5.74) is 1.24. The summed E-state index contributed by atoms with van der Waals surface area (Å²) < 4.78 is 31.9. The van der Waals surface area contributed by atoms with Crippen molar-refractivity contribution in [2.45, 2.75) is 17.9 Å². The lowest BCUT2D eigenvalue weighted by Gasteiger charge is -2.16. The van der Waals surface area contributed by atoms with Gasteiger partial charge in [-0.1, -0.05) is 17.7 Å². The first-order valence-electron chi connectivity index (χ1n) is 8.49. The Labute approximate surface area is 175 Å². The van der Waals surface area contributed by atoms with Gasteiger partial charge in [-0.2, -0.15) is 0 Å². The molecule has 156 valence electrons. The van der Waals surface area contributed by atoms with E-state index >= 15 is 0 Å². The van der Waals surface area contributed by atoms with Gasteiger partial charge in [-0.25, -0.2) is 17.9 Å². The van der Waals surface area contributed by atoms with Gasteiger partial charge in [-0.05, 0) is 54.8 Å². The summed E-state index contributed by atoms with van der Waals surface area (Å²) in [5.74, 6) is -0.286. The smallest absolute Gasteiger partial charge is 0.420 e. The zero-order valence-electron chi connectivity index (χ0n) is 15.5. The number of amides is 2. The normalized spacial score (nSPS) is 12.4. The van der Waals surface area contributed by atoms with E-state index in [1.165, 1.54) is 24.3 Å². The van der Waals surface area contributed by atoms with Crippen molar-refractivity contribution in [1.82, 2.24) is 9.29 Å². The van der Waals surface area contributed by atoms with Crippen LogP contribution in [-0.4, -0.2) is 32.1 Å². The lowest BCUT2D eigenvalue weighted by Crippen LogP contribution is -2.30. The quantitative estimate of drug-likeness (QED) is 0.624. The number of sulfonamides is 1. The number of aromatic nitrogens is 1. The predicted octanol–water partition coefficient (Wildman–Crippen LogP) is 4.03. The Morgan fingerprint density at radius 2 is 1.83 bits per heavy atom.